The first kappa shape index (κ1) is 17.6. The summed E-state index contributed by atoms with van der Waals surface area (Å²) < 4.78 is 28.1. The third-order valence-corrected chi connectivity index (χ3v) is 5.86. The quantitative estimate of drug-likeness (QED) is 0.816. The summed E-state index contributed by atoms with van der Waals surface area (Å²) in [4.78, 5) is 0.178. The Morgan fingerprint density at radius 2 is 1.90 bits per heavy atom. The van der Waals surface area contributed by atoms with Gasteiger partial charge in [-0.05, 0) is 59.3 Å². The molecule has 1 aromatic carbocycles. The first-order valence-electron chi connectivity index (χ1n) is 6.59. The van der Waals surface area contributed by atoms with Crippen molar-refractivity contribution in [3.05, 3.63) is 27.7 Å². The first-order chi connectivity index (χ1) is 9.17. The fourth-order valence-electron chi connectivity index (χ4n) is 2.18. The summed E-state index contributed by atoms with van der Waals surface area (Å²) >= 11 is 3.32. The van der Waals surface area contributed by atoms with E-state index in [9.17, 15) is 13.5 Å². The van der Waals surface area contributed by atoms with Crippen molar-refractivity contribution in [2.45, 2.75) is 51.7 Å². The lowest BCUT2D eigenvalue weighted by Gasteiger charge is -2.18. The second-order valence-corrected chi connectivity index (χ2v) is 8.01. The van der Waals surface area contributed by atoms with Gasteiger partial charge in [-0.3, -0.25) is 0 Å². The Bertz CT molecular complexity index is 570. The van der Waals surface area contributed by atoms with Gasteiger partial charge in [0.1, 0.15) is 0 Å². The zero-order valence-corrected chi connectivity index (χ0v) is 14.7. The van der Waals surface area contributed by atoms with Crippen LogP contribution in [0.15, 0.2) is 21.5 Å². The summed E-state index contributed by atoms with van der Waals surface area (Å²) in [5.74, 6) is 0.418. The number of nitrogens with one attached hydrogen (secondary N) is 1. The molecule has 1 aromatic rings. The van der Waals surface area contributed by atoms with Gasteiger partial charge in [-0.2, -0.15) is 0 Å². The van der Waals surface area contributed by atoms with Crippen molar-refractivity contribution < 1.29 is 13.5 Å². The SMILES string of the molecule is Cc1cc(CO)cc(S(=O)(=O)NC(C)CC(C)C)c1Br. The maximum atomic E-state index is 12.4. The van der Waals surface area contributed by atoms with E-state index in [1.165, 1.54) is 6.07 Å². The van der Waals surface area contributed by atoms with Gasteiger partial charge in [0.05, 0.1) is 11.5 Å². The normalized spacial score (nSPS) is 13.8. The minimum atomic E-state index is -3.60. The van der Waals surface area contributed by atoms with Crippen molar-refractivity contribution in [1.29, 1.82) is 0 Å². The molecule has 0 heterocycles. The van der Waals surface area contributed by atoms with Crippen LogP contribution in [0, 0.1) is 12.8 Å². The predicted octanol–water partition coefficient (Wildman–Crippen LogP) is 2.96. The van der Waals surface area contributed by atoms with Crippen molar-refractivity contribution in [3.8, 4) is 0 Å². The molecule has 0 aromatic heterocycles. The average Bonchev–Trinajstić information content (AvgIpc) is 2.30. The molecule has 0 amide bonds. The van der Waals surface area contributed by atoms with E-state index in [2.05, 4.69) is 34.5 Å². The van der Waals surface area contributed by atoms with E-state index in [4.69, 9.17) is 0 Å². The Morgan fingerprint density at radius 1 is 1.30 bits per heavy atom. The Morgan fingerprint density at radius 3 is 2.40 bits per heavy atom. The molecule has 0 aliphatic heterocycles. The average molecular weight is 364 g/mol. The maximum Gasteiger partial charge on any atom is 0.241 e. The standard InChI is InChI=1S/C14H22BrNO3S/c1-9(2)5-11(4)16-20(18,19)13-7-12(8-17)6-10(3)14(13)15/h6-7,9,11,16-17H,5,8H2,1-4H3. The number of aliphatic hydroxyl groups is 1. The molecule has 0 radical (unpaired) electrons. The fourth-order valence-corrected chi connectivity index (χ4v) is 4.50. The van der Waals surface area contributed by atoms with Gasteiger partial charge in [-0.15, -0.1) is 0 Å². The summed E-state index contributed by atoms with van der Waals surface area (Å²) in [5, 5.41) is 9.21. The summed E-state index contributed by atoms with van der Waals surface area (Å²) in [5.41, 5.74) is 1.37. The van der Waals surface area contributed by atoms with E-state index < -0.39 is 10.0 Å². The smallest absolute Gasteiger partial charge is 0.241 e. The van der Waals surface area contributed by atoms with Gasteiger partial charge in [-0.25, -0.2) is 13.1 Å². The number of benzene rings is 1. The Labute approximate surface area is 129 Å². The minimum absolute atomic E-state index is 0.134. The molecule has 0 aliphatic carbocycles. The minimum Gasteiger partial charge on any atom is -0.392 e. The molecule has 1 rings (SSSR count). The molecule has 20 heavy (non-hydrogen) atoms. The lowest BCUT2D eigenvalue weighted by molar-refractivity contribution is 0.281. The third kappa shape index (κ3) is 4.55. The molecule has 1 unspecified atom stereocenters. The zero-order valence-electron chi connectivity index (χ0n) is 12.3. The van der Waals surface area contributed by atoms with Crippen LogP contribution < -0.4 is 4.72 Å². The molecule has 0 saturated heterocycles. The largest absolute Gasteiger partial charge is 0.392 e. The van der Waals surface area contributed by atoms with E-state index in [1.54, 1.807) is 13.0 Å². The Balaban J connectivity index is 3.12. The number of sulfonamides is 1. The summed E-state index contributed by atoms with van der Waals surface area (Å²) in [6.07, 6.45) is 0.773. The van der Waals surface area contributed by atoms with Crippen molar-refractivity contribution >= 4 is 26.0 Å². The fraction of sp³-hybridized carbons (Fsp3) is 0.571. The van der Waals surface area contributed by atoms with Crippen molar-refractivity contribution in [2.24, 2.45) is 5.92 Å². The molecule has 6 heteroatoms. The molecular formula is C14H22BrNO3S. The van der Waals surface area contributed by atoms with E-state index in [0.717, 1.165) is 12.0 Å². The molecule has 0 spiro atoms. The molecule has 0 bridgehead atoms. The molecular weight excluding hydrogens is 342 g/mol. The summed E-state index contributed by atoms with van der Waals surface area (Å²) in [6, 6.07) is 3.13. The second kappa shape index (κ2) is 7.02. The molecule has 4 nitrogen and oxygen atoms in total. The highest BCUT2D eigenvalue weighted by Crippen LogP contribution is 2.27. The summed E-state index contributed by atoms with van der Waals surface area (Å²) in [6.45, 7) is 7.58. The molecule has 1 atom stereocenters. The topological polar surface area (TPSA) is 66.4 Å². The van der Waals surface area contributed by atoms with Crippen LogP contribution in [0.2, 0.25) is 0 Å². The molecule has 0 aliphatic rings. The van der Waals surface area contributed by atoms with E-state index in [1.807, 2.05) is 6.92 Å². The lowest BCUT2D eigenvalue weighted by Crippen LogP contribution is -2.33. The van der Waals surface area contributed by atoms with Gasteiger partial charge in [0.2, 0.25) is 10.0 Å². The van der Waals surface area contributed by atoms with Crippen LogP contribution in [0.5, 0.6) is 0 Å². The van der Waals surface area contributed by atoms with Crippen LogP contribution in [0.3, 0.4) is 0 Å². The van der Waals surface area contributed by atoms with Gasteiger partial charge >= 0.3 is 0 Å². The molecule has 2 N–H and O–H groups in total. The monoisotopic (exact) mass is 363 g/mol. The number of halogens is 1. The highest BCUT2D eigenvalue weighted by atomic mass is 79.9. The molecule has 0 saturated carbocycles. The predicted molar refractivity (Wildman–Crippen MR) is 84.0 cm³/mol. The molecule has 114 valence electrons. The van der Waals surface area contributed by atoms with E-state index in [0.29, 0.717) is 16.0 Å². The van der Waals surface area contributed by atoms with Gasteiger partial charge < -0.3 is 5.11 Å². The number of aryl methyl sites for hydroxylation is 1. The van der Waals surface area contributed by atoms with Gasteiger partial charge in [0.15, 0.2) is 0 Å². The van der Waals surface area contributed by atoms with E-state index in [-0.39, 0.29) is 17.5 Å². The third-order valence-electron chi connectivity index (χ3n) is 2.93. The van der Waals surface area contributed by atoms with E-state index >= 15 is 0 Å². The highest BCUT2D eigenvalue weighted by Gasteiger charge is 2.22. The van der Waals surface area contributed by atoms with Crippen LogP contribution in [0.1, 0.15) is 38.3 Å². The van der Waals surface area contributed by atoms with Crippen LogP contribution in [0.4, 0.5) is 0 Å². The highest BCUT2D eigenvalue weighted by molar-refractivity contribution is 9.10. The number of rotatable bonds is 6. The van der Waals surface area contributed by atoms with Crippen LogP contribution in [0.25, 0.3) is 0 Å². The Hall–Kier alpha value is -0.430. The Kier molecular flexibility index (Phi) is 6.19. The second-order valence-electron chi connectivity index (χ2n) is 5.53. The van der Waals surface area contributed by atoms with Crippen LogP contribution in [-0.2, 0) is 16.6 Å². The zero-order chi connectivity index (χ0) is 15.5. The van der Waals surface area contributed by atoms with Crippen molar-refractivity contribution in [2.75, 3.05) is 0 Å². The van der Waals surface area contributed by atoms with Gasteiger partial charge in [0.25, 0.3) is 0 Å². The van der Waals surface area contributed by atoms with Crippen molar-refractivity contribution in [1.82, 2.24) is 4.72 Å². The lowest BCUT2D eigenvalue weighted by atomic mass is 10.1. The maximum absolute atomic E-state index is 12.4. The number of aliphatic hydroxyl groups excluding tert-OH is 1. The van der Waals surface area contributed by atoms with Gasteiger partial charge in [0, 0.05) is 10.5 Å². The number of hydrogen-bond acceptors (Lipinski definition) is 3. The summed E-state index contributed by atoms with van der Waals surface area (Å²) in [7, 11) is -3.60. The first-order valence-corrected chi connectivity index (χ1v) is 8.87. The van der Waals surface area contributed by atoms with Crippen LogP contribution >= 0.6 is 15.9 Å². The van der Waals surface area contributed by atoms with Crippen molar-refractivity contribution in [3.63, 3.8) is 0 Å². The number of hydrogen-bond donors (Lipinski definition) is 2. The molecule has 0 fully saturated rings. The van der Waals surface area contributed by atoms with Crippen LogP contribution in [-0.4, -0.2) is 19.6 Å². The van der Waals surface area contributed by atoms with Gasteiger partial charge in [-0.1, -0.05) is 19.9 Å².